The summed E-state index contributed by atoms with van der Waals surface area (Å²) in [6.07, 6.45) is 0.246. The van der Waals surface area contributed by atoms with E-state index in [2.05, 4.69) is 0 Å². The Labute approximate surface area is 210 Å². The van der Waals surface area contributed by atoms with Crippen molar-refractivity contribution in [1.82, 2.24) is 9.80 Å². The molecule has 2 amide bonds. The average Bonchev–Trinajstić information content (AvgIpc) is 2.75. The van der Waals surface area contributed by atoms with Crippen molar-refractivity contribution in [1.29, 1.82) is 0 Å². The van der Waals surface area contributed by atoms with Crippen molar-refractivity contribution in [3.8, 4) is 0 Å². The number of piperidine rings is 1. The number of nitrogens with zero attached hydrogens (tertiary/aromatic N) is 2. The molecule has 0 bridgehead atoms. The lowest BCUT2D eigenvalue weighted by Crippen LogP contribution is -2.53. The maximum Gasteiger partial charge on any atom is 0.410 e. The molecule has 33 heavy (non-hydrogen) atoms. The molecule has 1 fully saturated rings. The minimum Gasteiger partial charge on any atom is -0.444 e. The normalized spacial score (nSPS) is 18.7. The van der Waals surface area contributed by atoms with Crippen LogP contribution in [0.25, 0.3) is 0 Å². The van der Waals surface area contributed by atoms with E-state index in [1.807, 2.05) is 44.7 Å². The molecule has 2 aromatic carbocycles. The van der Waals surface area contributed by atoms with Gasteiger partial charge in [-0.25, -0.2) is 4.79 Å². The van der Waals surface area contributed by atoms with Crippen LogP contribution in [0.1, 0.15) is 56.0 Å². The molecule has 2 aromatic rings. The van der Waals surface area contributed by atoms with Crippen molar-refractivity contribution in [2.75, 3.05) is 19.6 Å². The van der Waals surface area contributed by atoms with E-state index in [1.165, 1.54) is 0 Å². The van der Waals surface area contributed by atoms with E-state index in [1.54, 1.807) is 35.2 Å². The molecule has 3 rings (SSSR count). The first kappa shape index (κ1) is 25.7. The lowest BCUT2D eigenvalue weighted by Gasteiger charge is -2.44. The third-order valence-corrected chi connectivity index (χ3v) is 6.68. The summed E-state index contributed by atoms with van der Waals surface area (Å²) in [6, 6.07) is 12.2. The molecular weight excluding hydrogens is 483 g/mol. The molecule has 0 unspecified atom stereocenters. The van der Waals surface area contributed by atoms with Crippen molar-refractivity contribution in [3.63, 3.8) is 0 Å². The summed E-state index contributed by atoms with van der Waals surface area (Å²) in [4.78, 5) is 29.8. The van der Waals surface area contributed by atoms with Gasteiger partial charge in [-0.05, 0) is 76.1 Å². The molecule has 1 aliphatic heterocycles. The van der Waals surface area contributed by atoms with Crippen LogP contribution in [-0.2, 0) is 4.74 Å². The van der Waals surface area contributed by atoms with Gasteiger partial charge in [0.1, 0.15) is 5.60 Å². The fourth-order valence-corrected chi connectivity index (χ4v) is 4.60. The van der Waals surface area contributed by atoms with Gasteiger partial charge >= 0.3 is 6.09 Å². The minimum absolute atomic E-state index is 0.0741. The smallest absolute Gasteiger partial charge is 0.410 e. The van der Waals surface area contributed by atoms with Crippen LogP contribution in [0.15, 0.2) is 42.5 Å². The number of rotatable bonds is 4. The molecule has 8 heteroatoms. The summed E-state index contributed by atoms with van der Waals surface area (Å²) in [6.45, 7) is 8.91. The molecule has 0 radical (unpaired) electrons. The van der Waals surface area contributed by atoms with E-state index in [4.69, 9.17) is 39.5 Å². The summed E-state index contributed by atoms with van der Waals surface area (Å²) in [5, 5.41) is 1.48. The highest BCUT2D eigenvalue weighted by Crippen LogP contribution is 2.35. The molecule has 0 N–H and O–H groups in total. The van der Waals surface area contributed by atoms with E-state index in [9.17, 15) is 9.59 Å². The quantitative estimate of drug-likeness (QED) is 0.448. The Balaban J connectivity index is 1.94. The monoisotopic (exact) mass is 510 g/mol. The first-order valence-electron chi connectivity index (χ1n) is 11.0. The van der Waals surface area contributed by atoms with Crippen LogP contribution in [-0.4, -0.2) is 53.1 Å². The number of amides is 2. The summed E-state index contributed by atoms with van der Waals surface area (Å²) in [5.74, 6) is -0.229. The van der Waals surface area contributed by atoms with Gasteiger partial charge in [-0.15, -0.1) is 0 Å². The lowest BCUT2D eigenvalue weighted by atomic mass is 9.84. The van der Waals surface area contributed by atoms with Gasteiger partial charge in [0.05, 0.1) is 10.0 Å². The molecule has 178 valence electrons. The summed E-state index contributed by atoms with van der Waals surface area (Å²) in [5.41, 5.74) is 0.904. The highest BCUT2D eigenvalue weighted by atomic mass is 35.5. The molecule has 5 nitrogen and oxygen atoms in total. The zero-order chi connectivity index (χ0) is 24.3. The van der Waals surface area contributed by atoms with Gasteiger partial charge in [-0.2, -0.15) is 0 Å². The van der Waals surface area contributed by atoms with Gasteiger partial charge < -0.3 is 14.5 Å². The number of ether oxygens (including phenoxy) is 1. The summed E-state index contributed by atoms with van der Waals surface area (Å²) >= 11 is 18.5. The van der Waals surface area contributed by atoms with Crippen molar-refractivity contribution < 1.29 is 14.3 Å². The van der Waals surface area contributed by atoms with Crippen molar-refractivity contribution in [2.45, 2.75) is 51.7 Å². The summed E-state index contributed by atoms with van der Waals surface area (Å²) < 4.78 is 5.60. The Hall–Kier alpha value is -1.95. The first-order chi connectivity index (χ1) is 15.5. The maximum absolute atomic E-state index is 13.4. The van der Waals surface area contributed by atoms with E-state index in [0.29, 0.717) is 46.7 Å². The molecule has 1 heterocycles. The first-order valence-corrected chi connectivity index (χ1v) is 12.1. The zero-order valence-electron chi connectivity index (χ0n) is 19.3. The Bertz CT molecular complexity index is 1000. The van der Waals surface area contributed by atoms with Crippen molar-refractivity contribution in [3.05, 3.63) is 68.7 Å². The van der Waals surface area contributed by atoms with Crippen LogP contribution >= 0.6 is 34.8 Å². The number of likely N-dealkylation sites (N-methyl/N-ethyl adjacent to an activating group) is 1. The average molecular weight is 512 g/mol. The largest absolute Gasteiger partial charge is 0.444 e. The highest BCUT2D eigenvalue weighted by molar-refractivity contribution is 6.42. The van der Waals surface area contributed by atoms with Gasteiger partial charge in [-0.3, -0.25) is 4.79 Å². The fraction of sp³-hybridized carbons (Fsp3) is 0.440. The van der Waals surface area contributed by atoms with Crippen molar-refractivity contribution >= 4 is 46.8 Å². The van der Waals surface area contributed by atoms with Crippen LogP contribution in [0.2, 0.25) is 15.1 Å². The van der Waals surface area contributed by atoms with Crippen LogP contribution in [0.4, 0.5) is 4.79 Å². The second kappa shape index (κ2) is 10.5. The van der Waals surface area contributed by atoms with Gasteiger partial charge in [0.25, 0.3) is 5.91 Å². The van der Waals surface area contributed by atoms with E-state index < -0.39 is 5.60 Å². The highest BCUT2D eigenvalue weighted by Gasteiger charge is 2.39. The third-order valence-electron chi connectivity index (χ3n) is 5.69. The molecule has 0 spiro atoms. The number of benzene rings is 2. The fourth-order valence-electron chi connectivity index (χ4n) is 4.16. The standard InChI is InChI=1S/C25H29Cl3N2O3/c1-5-30(23(31)16-6-9-18(26)10-7-16)22-12-13-29(24(32)33-25(2,3)4)15-19(22)17-8-11-20(27)21(28)14-17/h6-11,14,19,22H,5,12-13,15H2,1-4H3/t19-,22+/m0/s1. The molecule has 2 atom stereocenters. The van der Waals surface area contributed by atoms with Crippen LogP contribution < -0.4 is 0 Å². The van der Waals surface area contributed by atoms with Gasteiger partial charge in [0.15, 0.2) is 0 Å². The van der Waals surface area contributed by atoms with Gasteiger partial charge in [0.2, 0.25) is 0 Å². The number of carbonyl (C=O) groups excluding carboxylic acids is 2. The Morgan fingerprint density at radius 3 is 2.30 bits per heavy atom. The number of hydrogen-bond acceptors (Lipinski definition) is 3. The SMILES string of the molecule is CCN(C(=O)c1ccc(Cl)cc1)[C@@H]1CCN(C(=O)OC(C)(C)C)C[C@H]1c1ccc(Cl)c(Cl)c1. The molecule has 0 aromatic heterocycles. The number of carbonyl (C=O) groups is 2. The topological polar surface area (TPSA) is 49.9 Å². The Morgan fingerprint density at radius 2 is 1.73 bits per heavy atom. The summed E-state index contributed by atoms with van der Waals surface area (Å²) in [7, 11) is 0. The molecule has 0 aliphatic carbocycles. The lowest BCUT2D eigenvalue weighted by molar-refractivity contribution is 0.0111. The van der Waals surface area contributed by atoms with E-state index in [-0.39, 0.29) is 24.0 Å². The van der Waals surface area contributed by atoms with Crippen molar-refractivity contribution in [2.24, 2.45) is 0 Å². The maximum atomic E-state index is 13.4. The minimum atomic E-state index is -0.590. The molecule has 1 aliphatic rings. The van der Waals surface area contributed by atoms with Crippen LogP contribution in [0, 0.1) is 0 Å². The zero-order valence-corrected chi connectivity index (χ0v) is 21.5. The van der Waals surface area contributed by atoms with E-state index >= 15 is 0 Å². The van der Waals surface area contributed by atoms with Crippen LogP contribution in [0.3, 0.4) is 0 Å². The molecule has 0 saturated carbocycles. The number of likely N-dealkylation sites (tertiary alicyclic amines) is 1. The van der Waals surface area contributed by atoms with E-state index in [0.717, 1.165) is 5.56 Å². The molecular formula is C25H29Cl3N2O3. The Kier molecular flexibility index (Phi) is 8.20. The predicted octanol–water partition coefficient (Wildman–Crippen LogP) is 6.90. The van der Waals surface area contributed by atoms with Crippen LogP contribution in [0.5, 0.6) is 0 Å². The number of hydrogen-bond donors (Lipinski definition) is 0. The van der Waals surface area contributed by atoms with Gasteiger partial charge in [0, 0.05) is 42.2 Å². The molecule has 1 saturated heterocycles. The second-order valence-electron chi connectivity index (χ2n) is 9.16. The Morgan fingerprint density at radius 1 is 1.06 bits per heavy atom. The van der Waals surface area contributed by atoms with Gasteiger partial charge in [-0.1, -0.05) is 40.9 Å². The third kappa shape index (κ3) is 6.34. The second-order valence-corrected chi connectivity index (χ2v) is 10.4. The predicted molar refractivity (Wildman–Crippen MR) is 134 cm³/mol. The number of halogens is 3.